The number of carboxylic acid groups (broad SMARTS) is 2. The van der Waals surface area contributed by atoms with Crippen molar-refractivity contribution < 1.29 is 44.3 Å². The van der Waals surface area contributed by atoms with Crippen molar-refractivity contribution >= 4 is 23.9 Å². The van der Waals surface area contributed by atoms with E-state index in [2.05, 4.69) is 10.5 Å². The summed E-state index contributed by atoms with van der Waals surface area (Å²) in [4.78, 5) is 40.3. The van der Waals surface area contributed by atoms with Crippen molar-refractivity contribution in [3.63, 3.8) is 0 Å². The highest BCUT2D eigenvalue weighted by molar-refractivity contribution is 5.90. The van der Waals surface area contributed by atoms with Gasteiger partial charge in [0.15, 0.2) is 0 Å². The molecule has 0 unspecified atom stereocenters. The molecule has 0 rings (SSSR count). The van der Waals surface area contributed by atoms with Gasteiger partial charge < -0.3 is 48.1 Å². The molecule has 0 aliphatic rings. The molecule has 13 heteroatoms. The summed E-state index contributed by atoms with van der Waals surface area (Å²) in [6.45, 7) is 0.0283. The van der Waals surface area contributed by atoms with Crippen LogP contribution in [0.4, 0.5) is 0 Å². The summed E-state index contributed by atoms with van der Waals surface area (Å²) in [5.74, 6) is -3.98. The number of carboxylic acids is 2. The second-order valence-corrected chi connectivity index (χ2v) is 4.04. The van der Waals surface area contributed by atoms with Crippen LogP contribution in [-0.2, 0) is 23.9 Å². The normalized spacial score (nSPS) is 13.0. The minimum atomic E-state index is -1.19. The summed E-state index contributed by atoms with van der Waals surface area (Å²) < 4.78 is 4.18. The molecule has 0 aromatic carbocycles. The van der Waals surface area contributed by atoms with E-state index in [-0.39, 0.29) is 6.54 Å². The number of rotatable bonds is 6. The zero-order valence-electron chi connectivity index (χ0n) is 13.0. The molecule has 142 valence electrons. The molecule has 0 amide bonds. The number of carbonyl (C=O) groups excluding carboxylic acids is 2. The number of esters is 2. The van der Waals surface area contributed by atoms with Gasteiger partial charge in [0.2, 0.25) is 0 Å². The molecular weight excluding hydrogens is 332 g/mol. The fourth-order valence-electron chi connectivity index (χ4n) is 0.420. The molecule has 0 heterocycles. The molecule has 13 nitrogen and oxygen atoms in total. The lowest BCUT2D eigenvalue weighted by Crippen LogP contribution is -2.40. The molecule has 0 saturated heterocycles. The third kappa shape index (κ3) is 17.9. The summed E-state index contributed by atoms with van der Waals surface area (Å²) in [5.41, 5.74) is 19.5. The molecule has 0 fully saturated rings. The first-order valence-electron chi connectivity index (χ1n) is 6.33. The Hall–Kier alpha value is -2.16. The van der Waals surface area contributed by atoms with Crippen molar-refractivity contribution in [2.75, 3.05) is 19.8 Å². The molecule has 0 bridgehead atoms. The van der Waals surface area contributed by atoms with Crippen LogP contribution in [0, 0.1) is 0 Å². The quantitative estimate of drug-likeness (QED) is 0.164. The number of hydrogen-bond donors (Lipinski definition) is 8. The number of aliphatic hydroxyl groups excluding tert-OH is 2. The SMILES string of the molecule is C[C@H](N)C(=O)OC(=O)[C@@H](N)CO.NCC(=O)O.N[C@@H](CO)C(=O)O. The predicted octanol–water partition coefficient (Wildman–Crippen LogP) is -4.86. The van der Waals surface area contributed by atoms with Crippen molar-refractivity contribution in [1.82, 2.24) is 0 Å². The Labute approximate surface area is 137 Å². The molecule has 0 aliphatic heterocycles. The maximum absolute atomic E-state index is 10.7. The summed E-state index contributed by atoms with van der Waals surface area (Å²) >= 11 is 0. The molecule has 0 radical (unpaired) electrons. The van der Waals surface area contributed by atoms with Gasteiger partial charge in [-0.25, -0.2) is 9.59 Å². The van der Waals surface area contributed by atoms with Gasteiger partial charge in [0, 0.05) is 0 Å². The predicted molar refractivity (Wildman–Crippen MR) is 79.2 cm³/mol. The summed E-state index contributed by atoms with van der Waals surface area (Å²) in [6.07, 6.45) is 0. The fraction of sp³-hybridized carbons (Fsp3) is 0.636. The number of carbonyl (C=O) groups is 4. The van der Waals surface area contributed by atoms with Gasteiger partial charge in [0.1, 0.15) is 18.1 Å². The van der Waals surface area contributed by atoms with Gasteiger partial charge in [-0.15, -0.1) is 0 Å². The van der Waals surface area contributed by atoms with Gasteiger partial charge in [-0.3, -0.25) is 9.59 Å². The monoisotopic (exact) mass is 356 g/mol. The van der Waals surface area contributed by atoms with Crippen LogP contribution in [0.5, 0.6) is 0 Å². The van der Waals surface area contributed by atoms with Gasteiger partial charge in [-0.2, -0.15) is 0 Å². The lowest BCUT2D eigenvalue weighted by molar-refractivity contribution is -0.161. The fourth-order valence-corrected chi connectivity index (χ4v) is 0.420. The molecule has 0 aromatic rings. The van der Waals surface area contributed by atoms with Crippen LogP contribution >= 0.6 is 0 Å². The maximum Gasteiger partial charge on any atom is 0.332 e. The molecule has 3 atom stereocenters. The minimum Gasteiger partial charge on any atom is -0.480 e. The lowest BCUT2D eigenvalue weighted by atomic mass is 10.3. The minimum absolute atomic E-state index is 0.278. The number of aliphatic hydroxyl groups is 2. The lowest BCUT2D eigenvalue weighted by Gasteiger charge is -2.08. The summed E-state index contributed by atoms with van der Waals surface area (Å²) in [7, 11) is 0. The third-order valence-corrected chi connectivity index (χ3v) is 1.76. The van der Waals surface area contributed by atoms with E-state index in [1.807, 2.05) is 0 Å². The van der Waals surface area contributed by atoms with Crippen LogP contribution in [0.3, 0.4) is 0 Å². The zero-order valence-corrected chi connectivity index (χ0v) is 13.0. The van der Waals surface area contributed by atoms with Gasteiger partial charge in [-0.05, 0) is 6.92 Å². The van der Waals surface area contributed by atoms with E-state index in [1.165, 1.54) is 6.92 Å². The van der Waals surface area contributed by atoms with Gasteiger partial charge in [0.25, 0.3) is 0 Å². The highest BCUT2D eigenvalue weighted by atomic mass is 16.6. The number of nitrogens with two attached hydrogens (primary N) is 4. The Kier molecular flexibility index (Phi) is 17.5. The van der Waals surface area contributed by atoms with E-state index in [4.69, 9.17) is 37.6 Å². The summed E-state index contributed by atoms with van der Waals surface area (Å²) in [6, 6.07) is -3.19. The van der Waals surface area contributed by atoms with Crippen LogP contribution in [0.2, 0.25) is 0 Å². The smallest absolute Gasteiger partial charge is 0.332 e. The molecule has 0 spiro atoms. The molecule has 24 heavy (non-hydrogen) atoms. The maximum atomic E-state index is 10.7. The Morgan fingerprint density at radius 1 is 0.917 bits per heavy atom. The average Bonchev–Trinajstić information content (AvgIpc) is 2.53. The van der Waals surface area contributed by atoms with E-state index in [1.54, 1.807) is 0 Å². The number of hydrogen-bond acceptors (Lipinski definition) is 11. The molecule has 0 aliphatic carbocycles. The first-order chi connectivity index (χ1) is 10.9. The zero-order chi connectivity index (χ0) is 19.9. The van der Waals surface area contributed by atoms with Crippen molar-refractivity contribution in [2.24, 2.45) is 22.9 Å². The van der Waals surface area contributed by atoms with E-state index in [0.29, 0.717) is 0 Å². The topological polar surface area (TPSA) is 263 Å². The van der Waals surface area contributed by atoms with Gasteiger partial charge in [-0.1, -0.05) is 0 Å². The van der Waals surface area contributed by atoms with Crippen molar-refractivity contribution in [1.29, 1.82) is 0 Å². The molecule has 0 aromatic heterocycles. The average molecular weight is 356 g/mol. The molecule has 12 N–H and O–H groups in total. The number of ether oxygens (including phenoxy) is 1. The van der Waals surface area contributed by atoms with E-state index in [0.717, 1.165) is 0 Å². The van der Waals surface area contributed by atoms with Crippen LogP contribution in [0.15, 0.2) is 0 Å². The summed E-state index contributed by atoms with van der Waals surface area (Å²) in [5, 5.41) is 31.9. The second-order valence-electron chi connectivity index (χ2n) is 4.04. The first kappa shape index (κ1) is 26.7. The Bertz CT molecular complexity index is 403. The second kappa shape index (κ2) is 15.7. The number of aliphatic carboxylic acids is 2. The van der Waals surface area contributed by atoms with Crippen LogP contribution in [0.1, 0.15) is 6.92 Å². The van der Waals surface area contributed by atoms with E-state index >= 15 is 0 Å². The Morgan fingerprint density at radius 3 is 1.46 bits per heavy atom. The Morgan fingerprint density at radius 2 is 1.29 bits per heavy atom. The standard InChI is InChI=1S/C6H12N2O4.C3H7NO3.C2H5NO2/c1-3(7)5(10)12-6(11)4(8)2-9;4-2(1-5)3(6)7;3-1-2(4)5/h3-4,9H,2,7-8H2,1H3;2,5H,1,4H2,(H,6,7);1,3H2,(H,4,5)/t3-,4-;2-;/m00./s1. The van der Waals surface area contributed by atoms with Crippen LogP contribution in [0.25, 0.3) is 0 Å². The molecular formula is C11H24N4O9. The van der Waals surface area contributed by atoms with Crippen LogP contribution in [-0.4, -0.2) is 82.2 Å². The van der Waals surface area contributed by atoms with Gasteiger partial charge in [0.05, 0.1) is 19.8 Å². The largest absolute Gasteiger partial charge is 0.480 e. The molecule has 0 saturated carbocycles. The van der Waals surface area contributed by atoms with E-state index < -0.39 is 55.2 Å². The third-order valence-electron chi connectivity index (χ3n) is 1.76. The van der Waals surface area contributed by atoms with Crippen molar-refractivity contribution in [2.45, 2.75) is 25.0 Å². The van der Waals surface area contributed by atoms with E-state index in [9.17, 15) is 19.2 Å². The van der Waals surface area contributed by atoms with Crippen molar-refractivity contribution in [3.05, 3.63) is 0 Å². The van der Waals surface area contributed by atoms with Gasteiger partial charge >= 0.3 is 23.9 Å². The highest BCUT2D eigenvalue weighted by Crippen LogP contribution is 1.88. The van der Waals surface area contributed by atoms with Crippen LogP contribution < -0.4 is 22.9 Å². The first-order valence-corrected chi connectivity index (χ1v) is 6.33. The highest BCUT2D eigenvalue weighted by Gasteiger charge is 2.19. The Balaban J connectivity index is -0.000000311. The van der Waals surface area contributed by atoms with Crippen molar-refractivity contribution in [3.8, 4) is 0 Å².